The maximum absolute atomic E-state index is 12.4. The van der Waals surface area contributed by atoms with Gasteiger partial charge < -0.3 is 5.32 Å². The van der Waals surface area contributed by atoms with E-state index in [-0.39, 0.29) is 11.7 Å². The molecule has 0 aliphatic heterocycles. The number of amides is 1. The van der Waals surface area contributed by atoms with Crippen molar-refractivity contribution in [1.29, 1.82) is 0 Å². The number of thiophene rings is 1. The molecule has 1 N–H and O–H groups in total. The number of carbonyl (C=O) groups excluding carboxylic acids is 1. The number of aryl methyl sites for hydroxylation is 1. The van der Waals surface area contributed by atoms with Crippen LogP contribution < -0.4 is 5.32 Å². The van der Waals surface area contributed by atoms with E-state index in [2.05, 4.69) is 46.5 Å². The first kappa shape index (κ1) is 23.3. The quantitative estimate of drug-likeness (QED) is 0.221. The van der Waals surface area contributed by atoms with Gasteiger partial charge in [0.1, 0.15) is 0 Å². The second-order valence-corrected chi connectivity index (χ2v) is 9.81. The molecule has 0 aliphatic carbocycles. The summed E-state index contributed by atoms with van der Waals surface area (Å²) in [5, 5.41) is 15.3. The van der Waals surface area contributed by atoms with Gasteiger partial charge in [0.05, 0.1) is 5.75 Å². The Bertz CT molecular complexity index is 1250. The number of hydrogen-bond acceptors (Lipinski definition) is 5. The Morgan fingerprint density at radius 3 is 2.67 bits per heavy atom. The Labute approximate surface area is 206 Å². The maximum atomic E-state index is 12.4. The van der Waals surface area contributed by atoms with Crippen molar-refractivity contribution in [2.75, 3.05) is 5.75 Å². The van der Waals surface area contributed by atoms with Crippen LogP contribution in [0, 0.1) is 6.92 Å². The fourth-order valence-corrected chi connectivity index (χ4v) is 5.22. The molecule has 0 unspecified atom stereocenters. The first-order valence-corrected chi connectivity index (χ1v) is 12.6. The first-order chi connectivity index (χ1) is 16.1. The fourth-order valence-electron chi connectivity index (χ4n) is 3.46. The molecule has 0 atom stereocenters. The average molecular weight is 495 g/mol. The zero-order chi connectivity index (χ0) is 23.2. The minimum Gasteiger partial charge on any atom is -0.351 e. The molecule has 2 aromatic carbocycles. The molecule has 8 heteroatoms. The Morgan fingerprint density at radius 2 is 1.94 bits per heavy atom. The van der Waals surface area contributed by atoms with E-state index in [4.69, 9.17) is 11.6 Å². The normalized spacial score (nSPS) is 10.8. The predicted octanol–water partition coefficient (Wildman–Crippen LogP) is 6.23. The van der Waals surface area contributed by atoms with Crippen molar-refractivity contribution in [3.63, 3.8) is 0 Å². The lowest BCUT2D eigenvalue weighted by molar-refractivity contribution is -0.118. The highest BCUT2D eigenvalue weighted by Gasteiger charge is 2.20. The smallest absolute Gasteiger partial charge is 0.230 e. The largest absolute Gasteiger partial charge is 0.351 e. The maximum Gasteiger partial charge on any atom is 0.230 e. The molecule has 0 fully saturated rings. The zero-order valence-corrected chi connectivity index (χ0v) is 20.5. The van der Waals surface area contributed by atoms with Gasteiger partial charge in [0.15, 0.2) is 11.0 Å². The number of nitrogens with zero attached hydrogens (tertiary/aromatic N) is 3. The number of hydrogen-bond donors (Lipinski definition) is 1. The molecule has 4 rings (SSSR count). The molecule has 0 aliphatic rings. The molecule has 4 aromatic rings. The van der Waals surface area contributed by atoms with Crippen LogP contribution in [0.1, 0.15) is 10.4 Å². The summed E-state index contributed by atoms with van der Waals surface area (Å²) in [5.41, 5.74) is 4.35. The summed E-state index contributed by atoms with van der Waals surface area (Å²) < 4.78 is 2.01. The van der Waals surface area contributed by atoms with Gasteiger partial charge in [0.2, 0.25) is 5.91 Å². The average Bonchev–Trinajstić information content (AvgIpc) is 3.41. The predicted molar refractivity (Wildman–Crippen MR) is 138 cm³/mol. The molecule has 0 bridgehead atoms. The first-order valence-electron chi connectivity index (χ1n) is 10.4. The third kappa shape index (κ3) is 5.55. The number of benzene rings is 2. The number of thioether (sulfide) groups is 1. The molecular weight excluding hydrogens is 472 g/mol. The lowest BCUT2D eigenvalue weighted by Gasteiger charge is -2.10. The Kier molecular flexibility index (Phi) is 7.65. The number of allylic oxidation sites excluding steroid dienone is 1. The number of aromatic nitrogens is 3. The Hall–Kier alpha value is -2.87. The molecule has 0 radical (unpaired) electrons. The van der Waals surface area contributed by atoms with Crippen LogP contribution in [0.4, 0.5) is 0 Å². The van der Waals surface area contributed by atoms with E-state index in [1.54, 1.807) is 11.3 Å². The molecule has 2 heterocycles. The van der Waals surface area contributed by atoms with Gasteiger partial charge in [-0.3, -0.25) is 9.36 Å². The van der Waals surface area contributed by atoms with Crippen molar-refractivity contribution >= 4 is 40.6 Å². The minimum atomic E-state index is -0.0685. The third-order valence-corrected chi connectivity index (χ3v) is 7.17. The summed E-state index contributed by atoms with van der Waals surface area (Å²) in [4.78, 5) is 13.6. The van der Waals surface area contributed by atoms with Gasteiger partial charge in [0, 0.05) is 39.5 Å². The van der Waals surface area contributed by atoms with Crippen LogP contribution in [0.15, 0.2) is 77.8 Å². The molecule has 1 amide bonds. The summed E-state index contributed by atoms with van der Waals surface area (Å²) in [6.07, 6.45) is 1.82. The van der Waals surface area contributed by atoms with Crippen molar-refractivity contribution in [3.8, 4) is 22.5 Å². The van der Waals surface area contributed by atoms with E-state index in [1.807, 2.05) is 53.1 Å². The molecule has 168 valence electrons. The Balaban J connectivity index is 1.50. The van der Waals surface area contributed by atoms with Crippen LogP contribution >= 0.6 is 34.7 Å². The van der Waals surface area contributed by atoms with E-state index < -0.39 is 0 Å². The number of rotatable bonds is 9. The SMILES string of the molecule is C=CCn1c(SCC(=O)NCc2ccc(Cl)cc2)nnc1-c1csc(C)c1-c1ccccc1. The van der Waals surface area contributed by atoms with Crippen LogP contribution in [-0.2, 0) is 17.9 Å². The van der Waals surface area contributed by atoms with Crippen molar-refractivity contribution in [2.24, 2.45) is 0 Å². The van der Waals surface area contributed by atoms with Crippen LogP contribution in [0.3, 0.4) is 0 Å². The fraction of sp³-hybridized carbons (Fsp3) is 0.160. The Morgan fingerprint density at radius 1 is 1.18 bits per heavy atom. The van der Waals surface area contributed by atoms with Gasteiger partial charge in [-0.25, -0.2) is 0 Å². The summed E-state index contributed by atoms with van der Waals surface area (Å²) in [6, 6.07) is 17.7. The van der Waals surface area contributed by atoms with E-state index in [0.29, 0.717) is 23.3 Å². The van der Waals surface area contributed by atoms with Gasteiger partial charge in [-0.2, -0.15) is 0 Å². The lowest BCUT2D eigenvalue weighted by Crippen LogP contribution is -2.24. The van der Waals surface area contributed by atoms with Gasteiger partial charge in [-0.1, -0.05) is 71.9 Å². The van der Waals surface area contributed by atoms with Gasteiger partial charge >= 0.3 is 0 Å². The zero-order valence-electron chi connectivity index (χ0n) is 18.1. The second kappa shape index (κ2) is 10.8. The van der Waals surface area contributed by atoms with Gasteiger partial charge in [-0.05, 0) is 30.2 Å². The summed E-state index contributed by atoms with van der Waals surface area (Å²) in [5.74, 6) is 0.958. The van der Waals surface area contributed by atoms with Crippen molar-refractivity contribution in [2.45, 2.75) is 25.2 Å². The number of carbonyl (C=O) groups is 1. The van der Waals surface area contributed by atoms with E-state index >= 15 is 0 Å². The van der Waals surface area contributed by atoms with Crippen LogP contribution in [0.25, 0.3) is 22.5 Å². The third-order valence-electron chi connectivity index (χ3n) is 5.04. The minimum absolute atomic E-state index is 0.0685. The molecule has 0 saturated carbocycles. The van der Waals surface area contributed by atoms with Crippen molar-refractivity contribution in [3.05, 3.63) is 88.1 Å². The highest BCUT2D eigenvalue weighted by molar-refractivity contribution is 7.99. The summed E-state index contributed by atoms with van der Waals surface area (Å²) in [6.45, 7) is 7.02. The second-order valence-electron chi connectivity index (χ2n) is 7.34. The van der Waals surface area contributed by atoms with Crippen molar-refractivity contribution < 1.29 is 4.79 Å². The van der Waals surface area contributed by atoms with E-state index in [0.717, 1.165) is 28.1 Å². The van der Waals surface area contributed by atoms with E-state index in [9.17, 15) is 4.79 Å². The van der Waals surface area contributed by atoms with Crippen LogP contribution in [0.2, 0.25) is 5.02 Å². The monoisotopic (exact) mass is 494 g/mol. The topological polar surface area (TPSA) is 59.8 Å². The highest BCUT2D eigenvalue weighted by Crippen LogP contribution is 2.39. The number of nitrogens with one attached hydrogen (secondary N) is 1. The lowest BCUT2D eigenvalue weighted by atomic mass is 10.0. The summed E-state index contributed by atoms with van der Waals surface area (Å²) >= 11 is 8.97. The van der Waals surface area contributed by atoms with Crippen molar-refractivity contribution in [1.82, 2.24) is 20.1 Å². The highest BCUT2D eigenvalue weighted by atomic mass is 35.5. The molecular formula is C25H23ClN4OS2. The molecule has 33 heavy (non-hydrogen) atoms. The van der Waals surface area contributed by atoms with Crippen LogP contribution in [-0.4, -0.2) is 26.4 Å². The molecule has 2 aromatic heterocycles. The van der Waals surface area contributed by atoms with Crippen LogP contribution in [0.5, 0.6) is 0 Å². The molecule has 0 saturated heterocycles. The van der Waals surface area contributed by atoms with E-state index in [1.165, 1.54) is 16.6 Å². The van der Waals surface area contributed by atoms with Gasteiger partial charge in [0.25, 0.3) is 0 Å². The molecule has 5 nitrogen and oxygen atoms in total. The number of halogens is 1. The standard InChI is InChI=1S/C25H23ClN4OS2/c1-3-13-30-24(21-15-32-17(2)23(21)19-7-5-4-6-8-19)28-29-25(30)33-16-22(31)27-14-18-9-11-20(26)12-10-18/h3-12,15H,1,13-14,16H2,2H3,(H,27,31). The molecule has 0 spiro atoms. The van der Waals surface area contributed by atoms with Gasteiger partial charge in [-0.15, -0.1) is 28.1 Å². The summed E-state index contributed by atoms with van der Waals surface area (Å²) in [7, 11) is 0.